The molecular formula is C27H28F3N3O. The first-order valence-electron chi connectivity index (χ1n) is 11.5. The molecule has 0 saturated carbocycles. The van der Waals surface area contributed by atoms with E-state index in [0.29, 0.717) is 0 Å². The van der Waals surface area contributed by atoms with Gasteiger partial charge in [0, 0.05) is 37.1 Å². The van der Waals surface area contributed by atoms with Gasteiger partial charge in [0.2, 0.25) is 0 Å². The summed E-state index contributed by atoms with van der Waals surface area (Å²) in [7, 11) is 0. The van der Waals surface area contributed by atoms with Crippen LogP contribution in [0.5, 0.6) is 0 Å². The Morgan fingerprint density at radius 2 is 1.56 bits per heavy atom. The number of piperidine rings is 1. The first-order valence-corrected chi connectivity index (χ1v) is 11.5. The summed E-state index contributed by atoms with van der Waals surface area (Å²) in [6.07, 6.45) is -1.91. The molecule has 1 heterocycles. The lowest BCUT2D eigenvalue weighted by molar-refractivity contribution is -0.137. The van der Waals surface area contributed by atoms with Gasteiger partial charge in [0.1, 0.15) is 0 Å². The number of nitrogens with zero attached hydrogens (tertiary/aromatic N) is 2. The number of alkyl halides is 3. The van der Waals surface area contributed by atoms with Crippen molar-refractivity contribution < 1.29 is 18.0 Å². The van der Waals surface area contributed by atoms with Crippen molar-refractivity contribution in [2.24, 2.45) is 0 Å². The number of likely N-dealkylation sites (tertiary alicyclic amines) is 1. The fraction of sp³-hybridized carbons (Fsp3) is 0.296. The number of anilines is 2. The van der Waals surface area contributed by atoms with E-state index >= 15 is 0 Å². The molecule has 1 aliphatic rings. The van der Waals surface area contributed by atoms with Crippen LogP contribution in [-0.4, -0.2) is 36.6 Å². The predicted octanol–water partition coefficient (Wildman–Crippen LogP) is 6.45. The van der Waals surface area contributed by atoms with E-state index in [4.69, 9.17) is 0 Å². The SMILES string of the molecule is O=C(Nc1cccc(C(F)(F)F)c1)N(c1ccccc1)C1CCN(CCc2ccccc2)CC1. The highest BCUT2D eigenvalue weighted by molar-refractivity contribution is 6.02. The molecule has 0 atom stereocenters. The Hall–Kier alpha value is -3.32. The van der Waals surface area contributed by atoms with Crippen molar-refractivity contribution >= 4 is 17.4 Å². The third-order valence-electron chi connectivity index (χ3n) is 6.18. The Labute approximate surface area is 198 Å². The predicted molar refractivity (Wildman–Crippen MR) is 129 cm³/mol. The second kappa shape index (κ2) is 10.7. The molecule has 4 nitrogen and oxygen atoms in total. The number of rotatable bonds is 6. The molecule has 0 aliphatic carbocycles. The lowest BCUT2D eigenvalue weighted by atomic mass is 10.0. The number of hydrogen-bond donors (Lipinski definition) is 1. The molecule has 4 rings (SSSR count). The molecule has 2 amide bonds. The van der Waals surface area contributed by atoms with E-state index in [2.05, 4.69) is 22.3 Å². The maximum absolute atomic E-state index is 13.3. The van der Waals surface area contributed by atoms with Gasteiger partial charge in [-0.25, -0.2) is 4.79 Å². The number of benzene rings is 3. The zero-order chi connectivity index (χ0) is 24.0. The second-order valence-electron chi connectivity index (χ2n) is 8.52. The van der Waals surface area contributed by atoms with Crippen molar-refractivity contribution in [1.29, 1.82) is 0 Å². The van der Waals surface area contributed by atoms with Crippen molar-refractivity contribution in [1.82, 2.24) is 4.90 Å². The minimum absolute atomic E-state index is 0.0406. The molecule has 1 saturated heterocycles. The number of nitrogens with one attached hydrogen (secondary N) is 1. The first-order chi connectivity index (χ1) is 16.4. The van der Waals surface area contributed by atoms with Gasteiger partial charge in [0.25, 0.3) is 0 Å². The summed E-state index contributed by atoms with van der Waals surface area (Å²) in [4.78, 5) is 17.4. The summed E-state index contributed by atoms with van der Waals surface area (Å²) in [6, 6.07) is 23.9. The third kappa shape index (κ3) is 6.17. The molecule has 34 heavy (non-hydrogen) atoms. The van der Waals surface area contributed by atoms with Crippen LogP contribution in [0.25, 0.3) is 0 Å². The van der Waals surface area contributed by atoms with E-state index in [1.165, 1.54) is 17.7 Å². The van der Waals surface area contributed by atoms with E-state index in [1.54, 1.807) is 4.90 Å². The average Bonchev–Trinajstić information content (AvgIpc) is 2.85. The molecule has 7 heteroatoms. The average molecular weight is 468 g/mol. The van der Waals surface area contributed by atoms with Crippen LogP contribution in [0.2, 0.25) is 0 Å². The lowest BCUT2D eigenvalue weighted by Gasteiger charge is -2.38. The monoisotopic (exact) mass is 467 g/mol. The minimum atomic E-state index is -4.47. The summed E-state index contributed by atoms with van der Waals surface area (Å²) in [5.74, 6) is 0. The van der Waals surface area contributed by atoms with Crippen LogP contribution in [0.3, 0.4) is 0 Å². The molecule has 0 bridgehead atoms. The Bertz CT molecular complexity index is 1070. The van der Waals surface area contributed by atoms with Crippen LogP contribution >= 0.6 is 0 Å². The van der Waals surface area contributed by atoms with Crippen LogP contribution in [0.4, 0.5) is 29.3 Å². The zero-order valence-electron chi connectivity index (χ0n) is 18.8. The molecule has 3 aromatic carbocycles. The number of halogens is 3. The summed E-state index contributed by atoms with van der Waals surface area (Å²) in [6.45, 7) is 2.67. The van der Waals surface area contributed by atoms with Gasteiger partial charge in [-0.05, 0) is 55.2 Å². The highest BCUT2D eigenvalue weighted by Gasteiger charge is 2.32. The standard InChI is InChI=1S/C27H28F3N3O/c28-27(29,30)22-10-7-11-23(20-22)31-26(34)33(24-12-5-2-6-13-24)25-15-18-32(19-16-25)17-14-21-8-3-1-4-9-21/h1-13,20,25H,14-19H2,(H,31,34). The molecule has 1 fully saturated rings. The Morgan fingerprint density at radius 1 is 0.912 bits per heavy atom. The molecule has 1 aliphatic heterocycles. The van der Waals surface area contributed by atoms with Crippen molar-refractivity contribution in [2.75, 3.05) is 29.9 Å². The van der Waals surface area contributed by atoms with Crippen LogP contribution in [0.15, 0.2) is 84.9 Å². The molecule has 1 N–H and O–H groups in total. The number of para-hydroxylation sites is 1. The smallest absolute Gasteiger partial charge is 0.308 e. The van der Waals surface area contributed by atoms with E-state index in [9.17, 15) is 18.0 Å². The summed E-state index contributed by atoms with van der Waals surface area (Å²) in [5.41, 5.74) is 1.37. The topological polar surface area (TPSA) is 35.6 Å². The van der Waals surface area contributed by atoms with Gasteiger partial charge in [0.05, 0.1) is 5.56 Å². The van der Waals surface area contributed by atoms with Gasteiger partial charge < -0.3 is 10.2 Å². The van der Waals surface area contributed by atoms with Gasteiger partial charge in [-0.15, -0.1) is 0 Å². The number of hydrogen-bond acceptors (Lipinski definition) is 2. The fourth-order valence-electron chi connectivity index (χ4n) is 4.37. The Balaban J connectivity index is 1.43. The molecular weight excluding hydrogens is 439 g/mol. The number of carbonyl (C=O) groups is 1. The van der Waals surface area contributed by atoms with Gasteiger partial charge >= 0.3 is 12.2 Å². The number of amides is 2. The van der Waals surface area contributed by atoms with Crippen LogP contribution < -0.4 is 10.2 Å². The van der Waals surface area contributed by atoms with Gasteiger partial charge in [-0.3, -0.25) is 4.90 Å². The van der Waals surface area contributed by atoms with Crippen LogP contribution in [0, 0.1) is 0 Å². The molecule has 3 aromatic rings. The molecule has 0 unspecified atom stereocenters. The van der Waals surface area contributed by atoms with E-state index in [1.807, 2.05) is 48.5 Å². The third-order valence-corrected chi connectivity index (χ3v) is 6.18. The van der Waals surface area contributed by atoms with Crippen LogP contribution in [0.1, 0.15) is 24.0 Å². The molecule has 178 valence electrons. The van der Waals surface area contributed by atoms with Crippen molar-refractivity contribution in [2.45, 2.75) is 31.5 Å². The zero-order valence-corrected chi connectivity index (χ0v) is 18.8. The van der Waals surface area contributed by atoms with E-state index in [0.717, 1.165) is 56.7 Å². The summed E-state index contributed by atoms with van der Waals surface area (Å²) < 4.78 is 39.3. The number of urea groups is 1. The molecule has 0 aromatic heterocycles. The Kier molecular flexibility index (Phi) is 7.53. The lowest BCUT2D eigenvalue weighted by Crippen LogP contribution is -2.49. The summed E-state index contributed by atoms with van der Waals surface area (Å²) in [5, 5.41) is 2.68. The normalized spacial score (nSPS) is 15.1. The highest BCUT2D eigenvalue weighted by Crippen LogP contribution is 2.31. The number of carbonyl (C=O) groups excluding carboxylic acids is 1. The van der Waals surface area contributed by atoms with E-state index in [-0.39, 0.29) is 11.7 Å². The summed E-state index contributed by atoms with van der Waals surface area (Å²) >= 11 is 0. The molecule has 0 radical (unpaired) electrons. The quantitative estimate of drug-likeness (QED) is 0.452. The molecule has 0 spiro atoms. The van der Waals surface area contributed by atoms with Gasteiger partial charge in [-0.2, -0.15) is 13.2 Å². The van der Waals surface area contributed by atoms with Crippen LogP contribution in [-0.2, 0) is 12.6 Å². The fourth-order valence-corrected chi connectivity index (χ4v) is 4.37. The van der Waals surface area contributed by atoms with Gasteiger partial charge in [-0.1, -0.05) is 54.6 Å². The van der Waals surface area contributed by atoms with Crippen molar-refractivity contribution in [3.8, 4) is 0 Å². The van der Waals surface area contributed by atoms with Crippen molar-refractivity contribution in [3.63, 3.8) is 0 Å². The highest BCUT2D eigenvalue weighted by atomic mass is 19.4. The largest absolute Gasteiger partial charge is 0.416 e. The maximum Gasteiger partial charge on any atom is 0.416 e. The van der Waals surface area contributed by atoms with Gasteiger partial charge in [0.15, 0.2) is 0 Å². The maximum atomic E-state index is 13.3. The van der Waals surface area contributed by atoms with E-state index < -0.39 is 17.8 Å². The van der Waals surface area contributed by atoms with Crippen molar-refractivity contribution in [3.05, 3.63) is 96.1 Å². The minimum Gasteiger partial charge on any atom is -0.308 e. The first kappa shape index (κ1) is 23.8. The second-order valence-corrected chi connectivity index (χ2v) is 8.52. The Morgan fingerprint density at radius 3 is 2.21 bits per heavy atom.